The summed E-state index contributed by atoms with van der Waals surface area (Å²) in [7, 11) is 0. The van der Waals surface area contributed by atoms with E-state index in [2.05, 4.69) is 45.2 Å². The maximum atomic E-state index is 9.92. The molecule has 3 nitrogen and oxygen atoms in total. The van der Waals surface area contributed by atoms with Gasteiger partial charge in [0, 0.05) is 9.13 Å². The average Bonchev–Trinajstić information content (AvgIpc) is 2.21. The number of nitrogens with two attached hydrogens (primary N) is 1. The Morgan fingerprint density at radius 3 is 2.24 bits per heavy atom. The maximum Gasteiger partial charge on any atom is 0.133 e. The van der Waals surface area contributed by atoms with Crippen molar-refractivity contribution in [2.24, 2.45) is 11.7 Å². The van der Waals surface area contributed by atoms with Crippen LogP contribution in [0.15, 0.2) is 12.1 Å². The van der Waals surface area contributed by atoms with Crippen molar-refractivity contribution in [3.63, 3.8) is 0 Å². The van der Waals surface area contributed by atoms with Gasteiger partial charge in [0.1, 0.15) is 5.75 Å². The predicted molar refractivity (Wildman–Crippen MR) is 88.6 cm³/mol. The van der Waals surface area contributed by atoms with Gasteiger partial charge in [0.25, 0.3) is 0 Å². The normalized spacial score (nSPS) is 14.3. The van der Waals surface area contributed by atoms with Gasteiger partial charge in [0.15, 0.2) is 0 Å². The molecule has 0 saturated carbocycles. The monoisotopic (exact) mass is 483 g/mol. The molecule has 0 aliphatic heterocycles. The van der Waals surface area contributed by atoms with Gasteiger partial charge in [-0.2, -0.15) is 0 Å². The van der Waals surface area contributed by atoms with Crippen LogP contribution in [0.5, 0.6) is 5.75 Å². The number of aromatic hydroxyl groups is 1. The third kappa shape index (κ3) is 4.38. The number of rotatable bonds is 3. The van der Waals surface area contributed by atoms with Crippen molar-refractivity contribution in [3.8, 4) is 5.75 Å². The molecule has 0 aliphatic rings. The van der Waals surface area contributed by atoms with E-state index in [1.54, 1.807) is 0 Å². The second-order valence-corrected chi connectivity index (χ2v) is 6.49. The van der Waals surface area contributed by atoms with E-state index in [1.165, 1.54) is 0 Å². The van der Waals surface area contributed by atoms with Crippen molar-refractivity contribution in [3.05, 3.63) is 24.8 Å². The van der Waals surface area contributed by atoms with Gasteiger partial charge in [-0.05, 0) is 63.2 Å². The molecular formula is C11H16ClI2NO2. The summed E-state index contributed by atoms with van der Waals surface area (Å²) >= 11 is 4.23. The fourth-order valence-electron chi connectivity index (χ4n) is 1.44. The molecule has 17 heavy (non-hydrogen) atoms. The molecule has 0 aromatic heterocycles. The Bertz CT molecular complexity index is 388. The van der Waals surface area contributed by atoms with Gasteiger partial charge in [0.2, 0.25) is 0 Å². The third-order valence-electron chi connectivity index (χ3n) is 2.47. The van der Waals surface area contributed by atoms with E-state index in [0.717, 1.165) is 7.14 Å². The highest BCUT2D eigenvalue weighted by molar-refractivity contribution is 14.1. The van der Waals surface area contributed by atoms with E-state index in [0.29, 0.717) is 5.56 Å². The average molecular weight is 484 g/mol. The van der Waals surface area contributed by atoms with Crippen LogP contribution in [0.2, 0.25) is 0 Å². The second-order valence-electron chi connectivity index (χ2n) is 4.09. The van der Waals surface area contributed by atoms with Crippen molar-refractivity contribution in [2.45, 2.75) is 26.0 Å². The fourth-order valence-corrected chi connectivity index (χ4v) is 3.33. The number of halogens is 3. The van der Waals surface area contributed by atoms with Crippen molar-refractivity contribution >= 4 is 57.6 Å². The molecule has 0 spiro atoms. The minimum Gasteiger partial charge on any atom is -0.506 e. The zero-order valence-electron chi connectivity index (χ0n) is 9.52. The molecule has 1 aromatic carbocycles. The van der Waals surface area contributed by atoms with Gasteiger partial charge >= 0.3 is 0 Å². The maximum absolute atomic E-state index is 9.92. The van der Waals surface area contributed by atoms with Crippen LogP contribution in [-0.2, 0) is 0 Å². The highest BCUT2D eigenvalue weighted by Crippen LogP contribution is 2.32. The molecule has 0 radical (unpaired) electrons. The van der Waals surface area contributed by atoms with Gasteiger partial charge < -0.3 is 15.9 Å². The Hall–Kier alpha value is 0.690. The van der Waals surface area contributed by atoms with Crippen LogP contribution in [0.3, 0.4) is 0 Å². The fraction of sp³-hybridized carbons (Fsp3) is 0.455. The van der Waals surface area contributed by atoms with Crippen LogP contribution in [0.25, 0.3) is 0 Å². The zero-order valence-corrected chi connectivity index (χ0v) is 14.7. The number of hydrogen-bond donors (Lipinski definition) is 3. The molecule has 0 fully saturated rings. The lowest BCUT2D eigenvalue weighted by molar-refractivity contribution is 0.0969. The van der Waals surface area contributed by atoms with Crippen LogP contribution in [0.4, 0.5) is 0 Å². The zero-order chi connectivity index (χ0) is 12.5. The summed E-state index contributed by atoms with van der Waals surface area (Å²) in [5, 5.41) is 19.8. The second kappa shape index (κ2) is 7.32. The molecular weight excluding hydrogens is 467 g/mol. The van der Waals surface area contributed by atoms with E-state index in [-0.39, 0.29) is 24.1 Å². The topological polar surface area (TPSA) is 66.5 Å². The molecule has 0 aliphatic carbocycles. The molecule has 1 rings (SSSR count). The Balaban J connectivity index is 0.00000256. The quantitative estimate of drug-likeness (QED) is 0.579. The minimum absolute atomic E-state index is 0. The van der Waals surface area contributed by atoms with E-state index in [9.17, 15) is 10.2 Å². The van der Waals surface area contributed by atoms with Gasteiger partial charge in [-0.3, -0.25) is 0 Å². The summed E-state index contributed by atoms with van der Waals surface area (Å²) in [5.74, 6) is 0.234. The van der Waals surface area contributed by atoms with E-state index in [1.807, 2.05) is 26.0 Å². The van der Waals surface area contributed by atoms with Crippen molar-refractivity contribution < 1.29 is 10.2 Å². The number of phenolic OH excluding ortho intramolecular Hbond substituents is 1. The smallest absolute Gasteiger partial charge is 0.133 e. The molecule has 0 amide bonds. The van der Waals surface area contributed by atoms with E-state index < -0.39 is 12.1 Å². The van der Waals surface area contributed by atoms with Crippen LogP contribution < -0.4 is 5.73 Å². The summed E-state index contributed by atoms with van der Waals surface area (Å²) in [4.78, 5) is 0. The summed E-state index contributed by atoms with van der Waals surface area (Å²) in [6.07, 6.45) is -0.653. The van der Waals surface area contributed by atoms with Crippen LogP contribution in [-0.4, -0.2) is 16.3 Å². The summed E-state index contributed by atoms with van der Waals surface area (Å²) < 4.78 is 1.76. The Morgan fingerprint density at radius 1 is 1.24 bits per heavy atom. The van der Waals surface area contributed by atoms with Gasteiger partial charge in [-0.25, -0.2) is 0 Å². The molecule has 0 saturated heterocycles. The number of aliphatic hydroxyl groups excluding tert-OH is 1. The molecule has 0 unspecified atom stereocenters. The molecule has 98 valence electrons. The molecule has 0 bridgehead atoms. The van der Waals surface area contributed by atoms with Gasteiger partial charge in [0.05, 0.1) is 15.7 Å². The van der Waals surface area contributed by atoms with E-state index >= 15 is 0 Å². The summed E-state index contributed by atoms with van der Waals surface area (Å²) in [6, 6.07) is 3.13. The number of hydrogen-bond acceptors (Lipinski definition) is 3. The van der Waals surface area contributed by atoms with Gasteiger partial charge in [-0.1, -0.05) is 13.8 Å². The first-order valence-corrected chi connectivity index (χ1v) is 7.12. The highest BCUT2D eigenvalue weighted by Gasteiger charge is 2.23. The Kier molecular flexibility index (Phi) is 7.62. The molecule has 0 heterocycles. The standard InChI is InChI=1S/C11H15I2NO2.ClH/c1-5(2)10(15)9(14)7-3-6(12)4-8(13)11(7)16;/h3-5,9-10,15-16H,14H2,1-2H3;1H/t9-,10+;/m1./s1. The number of phenols is 1. The van der Waals surface area contributed by atoms with Gasteiger partial charge in [-0.15, -0.1) is 12.4 Å². The molecule has 1 aromatic rings. The van der Waals surface area contributed by atoms with E-state index in [4.69, 9.17) is 5.73 Å². The van der Waals surface area contributed by atoms with Crippen molar-refractivity contribution in [1.29, 1.82) is 0 Å². The molecule has 2 atom stereocenters. The summed E-state index contributed by atoms with van der Waals surface area (Å²) in [6.45, 7) is 3.81. The lowest BCUT2D eigenvalue weighted by atomic mass is 9.94. The summed E-state index contributed by atoms with van der Waals surface area (Å²) in [5.41, 5.74) is 6.57. The highest BCUT2D eigenvalue weighted by atomic mass is 127. The number of benzene rings is 1. The first kappa shape index (κ1) is 17.7. The largest absolute Gasteiger partial charge is 0.506 e. The first-order valence-electron chi connectivity index (χ1n) is 4.96. The van der Waals surface area contributed by atoms with Crippen LogP contribution in [0.1, 0.15) is 25.5 Å². The lowest BCUT2D eigenvalue weighted by Crippen LogP contribution is -2.30. The van der Waals surface area contributed by atoms with Crippen LogP contribution in [0, 0.1) is 13.1 Å². The molecule has 4 N–H and O–H groups in total. The number of aliphatic hydroxyl groups is 1. The predicted octanol–water partition coefficient (Wildman–Crippen LogP) is 3.04. The minimum atomic E-state index is -0.653. The third-order valence-corrected chi connectivity index (χ3v) is 3.91. The Labute approximate surface area is 135 Å². The Morgan fingerprint density at radius 2 is 1.76 bits per heavy atom. The SMILES string of the molecule is CC(C)[C@H](O)[C@H](N)c1cc(I)cc(I)c1O.Cl. The first-order chi connectivity index (χ1) is 7.34. The lowest BCUT2D eigenvalue weighted by Gasteiger charge is -2.23. The van der Waals surface area contributed by atoms with Crippen molar-refractivity contribution in [1.82, 2.24) is 0 Å². The van der Waals surface area contributed by atoms with Crippen molar-refractivity contribution in [2.75, 3.05) is 0 Å². The van der Waals surface area contributed by atoms with Crippen LogP contribution >= 0.6 is 57.6 Å². The molecule has 6 heteroatoms.